The van der Waals surface area contributed by atoms with Crippen LogP contribution in [0.3, 0.4) is 0 Å². The van der Waals surface area contributed by atoms with Gasteiger partial charge in [0.15, 0.2) is 0 Å². The molecule has 0 saturated carbocycles. The third kappa shape index (κ3) is 5.22. The number of hydrogen-bond donors (Lipinski definition) is 0. The molecule has 7 nitrogen and oxygen atoms in total. The highest BCUT2D eigenvalue weighted by Gasteiger charge is 2.38. The van der Waals surface area contributed by atoms with E-state index >= 15 is 0 Å². The molecule has 2 heterocycles. The molecular weight excluding hydrogens is 440 g/mol. The summed E-state index contributed by atoms with van der Waals surface area (Å²) in [5.41, 5.74) is 2.66. The number of hydrogen-bond acceptors (Lipinski definition) is 4. The van der Waals surface area contributed by atoms with Gasteiger partial charge in [-0.2, -0.15) is 0 Å². The van der Waals surface area contributed by atoms with Crippen molar-refractivity contribution in [2.45, 2.75) is 19.9 Å². The molecule has 0 bridgehead atoms. The number of imidazole rings is 1. The van der Waals surface area contributed by atoms with E-state index in [0.717, 1.165) is 40.7 Å². The highest BCUT2D eigenvalue weighted by Crippen LogP contribution is 2.40. The fraction of sp³-hybridized carbons (Fsp3) is 0.357. The summed E-state index contributed by atoms with van der Waals surface area (Å²) < 4.78 is 13.2. The first-order chi connectivity index (χ1) is 17.0. The van der Waals surface area contributed by atoms with Crippen molar-refractivity contribution in [3.63, 3.8) is 0 Å². The Balaban J connectivity index is 1.78. The van der Waals surface area contributed by atoms with Crippen molar-refractivity contribution in [2.24, 2.45) is 0 Å². The van der Waals surface area contributed by atoms with Crippen LogP contribution in [0.2, 0.25) is 0 Å². The van der Waals surface area contributed by atoms with Crippen molar-refractivity contribution in [1.82, 2.24) is 18.9 Å². The lowest BCUT2D eigenvalue weighted by Gasteiger charge is -2.23. The molecule has 1 amide bonds. The van der Waals surface area contributed by atoms with Gasteiger partial charge < -0.3 is 14.4 Å². The maximum Gasteiger partial charge on any atom is 0.259 e. The van der Waals surface area contributed by atoms with Crippen molar-refractivity contribution in [3.05, 3.63) is 78.5 Å². The molecule has 0 fully saturated rings. The normalized spacial score (nSPS) is 17.5. The van der Waals surface area contributed by atoms with Gasteiger partial charge in [-0.05, 0) is 29.7 Å². The van der Waals surface area contributed by atoms with Crippen LogP contribution in [-0.2, 0) is 20.8 Å². The van der Waals surface area contributed by atoms with E-state index in [1.165, 1.54) is 0 Å². The quantitative estimate of drug-likeness (QED) is 0.304. The van der Waals surface area contributed by atoms with Gasteiger partial charge >= 0.3 is 0 Å². The Labute approximate surface area is 207 Å². The zero-order chi connectivity index (χ0) is 24.8. The van der Waals surface area contributed by atoms with E-state index in [4.69, 9.17) is 9.47 Å². The first-order valence-electron chi connectivity index (χ1n) is 12.1. The fourth-order valence-corrected chi connectivity index (χ4v) is 4.59. The Morgan fingerprint density at radius 3 is 2.71 bits per heavy atom. The van der Waals surface area contributed by atoms with E-state index in [2.05, 4.69) is 53.1 Å². The monoisotopic (exact) mass is 475 g/mol. The Morgan fingerprint density at radius 2 is 1.91 bits per heavy atom. The number of benzene rings is 2. The van der Waals surface area contributed by atoms with Gasteiger partial charge in [0.1, 0.15) is 24.2 Å². The number of aromatic nitrogens is 2. The molecule has 1 aromatic heterocycles. The standard InChI is InChI=1S/C28H35N4O3/c1-5-35-16-9-14-31-21-29-18-27(31)32(3)19-25(26(20-32)28(33)30(2)15-17-34-4)24-13-8-11-22-10-6-7-12-23(22)24/h6-8,10-13,18-21H,5,9,14-17H2,1-4H3/q+1. The molecule has 7 heteroatoms. The maximum atomic E-state index is 13.7. The van der Waals surface area contributed by atoms with Gasteiger partial charge in [-0.15, -0.1) is 0 Å². The van der Waals surface area contributed by atoms with E-state index < -0.39 is 0 Å². The molecule has 0 radical (unpaired) electrons. The summed E-state index contributed by atoms with van der Waals surface area (Å²) in [6, 6.07) is 14.5. The van der Waals surface area contributed by atoms with Crippen LogP contribution in [0, 0.1) is 0 Å². The lowest BCUT2D eigenvalue weighted by molar-refractivity contribution is -0.126. The van der Waals surface area contributed by atoms with Crippen LogP contribution in [0.1, 0.15) is 18.9 Å². The van der Waals surface area contributed by atoms with E-state index in [0.29, 0.717) is 36.4 Å². The van der Waals surface area contributed by atoms with Gasteiger partial charge in [0.25, 0.3) is 5.91 Å². The lowest BCUT2D eigenvalue weighted by Crippen LogP contribution is -2.34. The molecule has 0 aliphatic carbocycles. The molecule has 1 aliphatic rings. The van der Waals surface area contributed by atoms with Crippen molar-refractivity contribution >= 4 is 28.1 Å². The second kappa shape index (κ2) is 11.0. The van der Waals surface area contributed by atoms with Crippen LogP contribution in [0.4, 0.5) is 5.82 Å². The van der Waals surface area contributed by atoms with Crippen molar-refractivity contribution in [1.29, 1.82) is 0 Å². The minimum absolute atomic E-state index is 0.0227. The number of carbonyl (C=O) groups excluding carboxylic acids is 1. The Bertz CT molecular complexity index is 1240. The number of amides is 1. The Hall–Kier alpha value is -3.26. The molecule has 2 aromatic carbocycles. The lowest BCUT2D eigenvalue weighted by atomic mass is 9.94. The molecule has 0 saturated heterocycles. The van der Waals surface area contributed by atoms with Crippen LogP contribution < -0.4 is 4.48 Å². The number of aryl methyl sites for hydroxylation is 1. The summed E-state index contributed by atoms with van der Waals surface area (Å²) >= 11 is 0. The second-order valence-electron chi connectivity index (χ2n) is 8.97. The van der Waals surface area contributed by atoms with Gasteiger partial charge in [-0.3, -0.25) is 9.36 Å². The van der Waals surface area contributed by atoms with E-state index in [1.54, 1.807) is 12.0 Å². The number of fused-ring (bicyclic) bond motifs is 1. The Morgan fingerprint density at radius 1 is 1.11 bits per heavy atom. The van der Waals surface area contributed by atoms with E-state index in [-0.39, 0.29) is 5.91 Å². The number of carbonyl (C=O) groups is 1. The largest absolute Gasteiger partial charge is 0.383 e. The summed E-state index contributed by atoms with van der Waals surface area (Å²) in [6.07, 6.45) is 8.84. The van der Waals surface area contributed by atoms with Crippen molar-refractivity contribution in [3.8, 4) is 0 Å². The third-order valence-corrected chi connectivity index (χ3v) is 6.45. The molecule has 0 N–H and O–H groups in total. The van der Waals surface area contributed by atoms with Gasteiger partial charge in [0.2, 0.25) is 5.82 Å². The molecule has 1 atom stereocenters. The molecule has 1 aliphatic heterocycles. The molecular formula is C28H35N4O3+. The molecule has 35 heavy (non-hydrogen) atoms. The smallest absolute Gasteiger partial charge is 0.259 e. The average molecular weight is 476 g/mol. The summed E-state index contributed by atoms with van der Waals surface area (Å²) in [7, 11) is 5.56. The summed E-state index contributed by atoms with van der Waals surface area (Å²) in [6.45, 7) is 5.23. The van der Waals surface area contributed by atoms with Crippen LogP contribution >= 0.6 is 0 Å². The van der Waals surface area contributed by atoms with Gasteiger partial charge in [-0.1, -0.05) is 42.5 Å². The van der Waals surface area contributed by atoms with Crippen molar-refractivity contribution < 1.29 is 14.3 Å². The second-order valence-corrected chi connectivity index (χ2v) is 8.97. The van der Waals surface area contributed by atoms with Gasteiger partial charge in [0, 0.05) is 40.5 Å². The van der Waals surface area contributed by atoms with Gasteiger partial charge in [-0.25, -0.2) is 9.47 Å². The number of quaternary nitrogens is 1. The molecule has 4 rings (SSSR count). The van der Waals surface area contributed by atoms with Crippen LogP contribution in [-0.4, -0.2) is 67.9 Å². The SMILES string of the molecule is CCOCCCn1cncc1[N+]1(C)C=C(C(=O)N(C)CCOC)C(c2cccc3ccccc23)=C1. The number of likely N-dealkylation sites (N-methyl/N-ethyl adjacent to an activating group) is 1. The van der Waals surface area contributed by atoms with Crippen LogP contribution in [0.15, 0.2) is 73.0 Å². The summed E-state index contributed by atoms with van der Waals surface area (Å²) in [5, 5.41) is 2.27. The molecule has 0 spiro atoms. The number of methoxy groups -OCH3 is 1. The topological polar surface area (TPSA) is 56.6 Å². The summed E-state index contributed by atoms with van der Waals surface area (Å²) in [5.74, 6) is 0.979. The molecule has 1 unspecified atom stereocenters. The van der Waals surface area contributed by atoms with E-state index in [9.17, 15) is 4.79 Å². The number of ether oxygens (including phenoxy) is 2. The zero-order valence-electron chi connectivity index (χ0n) is 21.1. The third-order valence-electron chi connectivity index (χ3n) is 6.45. The Kier molecular flexibility index (Phi) is 7.80. The molecule has 184 valence electrons. The fourth-order valence-electron chi connectivity index (χ4n) is 4.59. The van der Waals surface area contributed by atoms with Crippen LogP contribution in [0.5, 0.6) is 0 Å². The highest BCUT2D eigenvalue weighted by atomic mass is 16.5. The molecule has 3 aromatic rings. The van der Waals surface area contributed by atoms with Gasteiger partial charge in [0.05, 0.1) is 25.6 Å². The predicted octanol–water partition coefficient (Wildman–Crippen LogP) is 4.44. The van der Waals surface area contributed by atoms with E-state index in [1.807, 2.05) is 44.8 Å². The average Bonchev–Trinajstić information content (AvgIpc) is 3.50. The first-order valence-corrected chi connectivity index (χ1v) is 12.1. The number of rotatable bonds is 11. The number of nitrogens with zero attached hydrogens (tertiary/aromatic N) is 4. The first kappa shape index (κ1) is 24.9. The van der Waals surface area contributed by atoms with Crippen molar-refractivity contribution in [2.75, 3.05) is 47.6 Å². The van der Waals surface area contributed by atoms with Crippen LogP contribution in [0.25, 0.3) is 16.3 Å². The zero-order valence-corrected chi connectivity index (χ0v) is 21.1. The predicted molar refractivity (Wildman–Crippen MR) is 141 cm³/mol. The minimum atomic E-state index is -0.0227. The summed E-state index contributed by atoms with van der Waals surface area (Å²) in [4.78, 5) is 19.8. The minimum Gasteiger partial charge on any atom is -0.383 e. The highest BCUT2D eigenvalue weighted by molar-refractivity contribution is 6.13. The maximum absolute atomic E-state index is 13.7.